The van der Waals surface area contributed by atoms with Gasteiger partial charge >= 0.3 is 0 Å². The number of nitrogens with one attached hydrogen (secondary N) is 1. The molecular weight excluding hydrogens is 615 g/mol. The highest BCUT2D eigenvalue weighted by Gasteiger charge is 2.46. The van der Waals surface area contributed by atoms with E-state index in [1.807, 2.05) is 12.1 Å². The standard InChI is InChI=1S/C33H43N3O7S2/c1-4-14-36(15-5-2)25-11-10-22-17-24(9-8-23(22)18-25)29-13-12-28(44-29)21(3)30(19-34)45(41,42)35-31-26(7-6-16-37)43-27(20-38)32(39)33(31)40/h8-13,17-18,26-27,31-33,35,37-40H,4-7,14-16,20H2,1-3H3/b30-21+/t26?,27-,31?,32-,33-/m1/s1. The molecule has 4 rings (SSSR count). The zero-order valence-electron chi connectivity index (χ0n) is 25.9. The lowest BCUT2D eigenvalue weighted by Gasteiger charge is -2.42. The molecule has 1 aliphatic rings. The molecule has 0 bridgehead atoms. The van der Waals surface area contributed by atoms with Crippen molar-refractivity contribution in [3.63, 3.8) is 0 Å². The highest BCUT2D eigenvalue weighted by Crippen LogP contribution is 2.36. The van der Waals surface area contributed by atoms with Crippen LogP contribution in [0.2, 0.25) is 0 Å². The van der Waals surface area contributed by atoms with Crippen LogP contribution in [-0.4, -0.2) is 85.6 Å². The van der Waals surface area contributed by atoms with Gasteiger partial charge in [0, 0.05) is 35.1 Å². The van der Waals surface area contributed by atoms with Gasteiger partial charge < -0.3 is 30.1 Å². The molecule has 2 heterocycles. The second-order valence-corrected chi connectivity index (χ2v) is 14.1. The van der Waals surface area contributed by atoms with E-state index in [0.717, 1.165) is 47.1 Å². The first-order chi connectivity index (χ1) is 21.6. The van der Waals surface area contributed by atoms with Crippen LogP contribution in [0.1, 0.15) is 51.3 Å². The van der Waals surface area contributed by atoms with E-state index in [-0.39, 0.29) is 25.0 Å². The zero-order valence-corrected chi connectivity index (χ0v) is 27.5. The monoisotopic (exact) mass is 657 g/mol. The van der Waals surface area contributed by atoms with E-state index in [2.05, 4.69) is 53.8 Å². The van der Waals surface area contributed by atoms with Crippen LogP contribution in [0.3, 0.4) is 0 Å². The van der Waals surface area contributed by atoms with Gasteiger partial charge in [0.05, 0.1) is 18.8 Å². The summed E-state index contributed by atoms with van der Waals surface area (Å²) < 4.78 is 35.0. The summed E-state index contributed by atoms with van der Waals surface area (Å²) in [6.07, 6.45) is -2.66. The van der Waals surface area contributed by atoms with Crippen LogP contribution in [0, 0.1) is 11.3 Å². The number of hydrogen-bond donors (Lipinski definition) is 5. The van der Waals surface area contributed by atoms with Crippen molar-refractivity contribution in [2.75, 3.05) is 31.2 Å². The summed E-state index contributed by atoms with van der Waals surface area (Å²) in [5.74, 6) is 0. The second kappa shape index (κ2) is 15.6. The molecule has 0 radical (unpaired) electrons. The largest absolute Gasteiger partial charge is 0.396 e. The molecule has 1 saturated heterocycles. The van der Waals surface area contributed by atoms with E-state index in [4.69, 9.17) is 4.74 Å². The molecular formula is C33H43N3O7S2. The smallest absolute Gasteiger partial charge is 0.251 e. The topological polar surface area (TPSA) is 163 Å². The maximum Gasteiger partial charge on any atom is 0.251 e. The van der Waals surface area contributed by atoms with E-state index in [1.54, 1.807) is 19.1 Å². The van der Waals surface area contributed by atoms with Crippen molar-refractivity contribution in [3.8, 4) is 16.5 Å². The van der Waals surface area contributed by atoms with E-state index in [9.17, 15) is 34.1 Å². The Morgan fingerprint density at radius 3 is 2.33 bits per heavy atom. The Kier molecular flexibility index (Phi) is 12.2. The minimum absolute atomic E-state index is 0.158. The fourth-order valence-electron chi connectivity index (χ4n) is 5.76. The van der Waals surface area contributed by atoms with Gasteiger partial charge in [-0.2, -0.15) is 5.26 Å². The number of sulfonamides is 1. The number of nitrogens with zero attached hydrogens (tertiary/aromatic N) is 2. The number of hydrogen-bond acceptors (Lipinski definition) is 10. The molecule has 0 spiro atoms. The highest BCUT2D eigenvalue weighted by molar-refractivity contribution is 7.93. The summed E-state index contributed by atoms with van der Waals surface area (Å²) in [6.45, 7) is 7.15. The normalized spacial score (nSPS) is 22.7. The molecule has 0 aliphatic carbocycles. The Bertz CT molecular complexity index is 1630. The summed E-state index contributed by atoms with van der Waals surface area (Å²) in [5.41, 5.74) is 2.41. The van der Waals surface area contributed by atoms with Crippen LogP contribution in [0.15, 0.2) is 53.4 Å². The first kappa shape index (κ1) is 35.0. The molecule has 5 N–H and O–H groups in total. The van der Waals surface area contributed by atoms with Crippen LogP contribution >= 0.6 is 11.3 Å². The van der Waals surface area contributed by atoms with Crippen molar-refractivity contribution in [3.05, 3.63) is 58.3 Å². The van der Waals surface area contributed by atoms with Gasteiger partial charge in [0.15, 0.2) is 4.91 Å². The molecule has 244 valence electrons. The van der Waals surface area contributed by atoms with Gasteiger partial charge in [0.1, 0.15) is 24.4 Å². The van der Waals surface area contributed by atoms with Crippen LogP contribution < -0.4 is 9.62 Å². The number of nitriles is 1. The lowest BCUT2D eigenvalue weighted by Crippen LogP contribution is -2.64. The average molecular weight is 658 g/mol. The number of allylic oxidation sites excluding steroid dienone is 2. The molecule has 1 aliphatic heterocycles. The van der Waals surface area contributed by atoms with Gasteiger partial charge in [-0.05, 0) is 84.8 Å². The Morgan fingerprint density at radius 2 is 1.69 bits per heavy atom. The third-order valence-corrected chi connectivity index (χ3v) is 10.9. The van der Waals surface area contributed by atoms with Crippen LogP contribution in [0.25, 0.3) is 26.8 Å². The first-order valence-corrected chi connectivity index (χ1v) is 17.6. The van der Waals surface area contributed by atoms with Crippen LogP contribution in [-0.2, 0) is 14.8 Å². The van der Waals surface area contributed by atoms with Crippen LogP contribution in [0.5, 0.6) is 0 Å². The van der Waals surface area contributed by atoms with Crippen molar-refractivity contribution in [1.29, 1.82) is 5.26 Å². The fourth-order valence-corrected chi connectivity index (χ4v) is 8.24. The number of benzene rings is 2. The number of rotatable bonds is 14. The Balaban J connectivity index is 1.60. The molecule has 3 aromatic rings. The molecule has 2 unspecified atom stereocenters. The van der Waals surface area contributed by atoms with Crippen molar-refractivity contribution < 1.29 is 33.6 Å². The average Bonchev–Trinajstić information content (AvgIpc) is 3.53. The summed E-state index contributed by atoms with van der Waals surface area (Å²) in [5, 5.41) is 52.1. The predicted octanol–water partition coefficient (Wildman–Crippen LogP) is 3.99. The van der Waals surface area contributed by atoms with E-state index in [1.165, 1.54) is 17.0 Å². The third kappa shape index (κ3) is 7.93. The quantitative estimate of drug-likeness (QED) is 0.161. The molecule has 0 amide bonds. The summed E-state index contributed by atoms with van der Waals surface area (Å²) in [7, 11) is -4.47. The lowest BCUT2D eigenvalue weighted by molar-refractivity contribution is -0.193. The van der Waals surface area contributed by atoms with Gasteiger partial charge in [-0.25, -0.2) is 13.1 Å². The third-order valence-electron chi connectivity index (χ3n) is 8.11. The van der Waals surface area contributed by atoms with Gasteiger partial charge in [0.25, 0.3) is 10.0 Å². The molecule has 12 heteroatoms. The maximum atomic E-state index is 13.5. The van der Waals surface area contributed by atoms with E-state index in [0.29, 0.717) is 4.88 Å². The zero-order chi connectivity index (χ0) is 32.7. The SMILES string of the molecule is CCCN(CCC)c1ccc2cc(-c3ccc(/C(C)=C(\C#N)S(=O)(=O)NC4C(CCCO)O[C@H](CO)[C@@H](O)[C@@H]4O)s3)ccc2c1. The van der Waals surface area contributed by atoms with Crippen molar-refractivity contribution in [2.45, 2.75) is 76.9 Å². The number of aliphatic hydroxyl groups is 4. The Hall–Kier alpha value is -2.86. The predicted molar refractivity (Wildman–Crippen MR) is 178 cm³/mol. The summed E-state index contributed by atoms with van der Waals surface area (Å²) >= 11 is 1.37. The van der Waals surface area contributed by atoms with Crippen molar-refractivity contribution in [1.82, 2.24) is 4.72 Å². The van der Waals surface area contributed by atoms with Gasteiger partial charge in [-0.1, -0.05) is 32.0 Å². The van der Waals surface area contributed by atoms with Crippen molar-refractivity contribution >= 4 is 43.4 Å². The fraction of sp³-hybridized carbons (Fsp3) is 0.485. The second-order valence-electron chi connectivity index (χ2n) is 11.4. The molecule has 0 saturated carbocycles. The van der Waals surface area contributed by atoms with Gasteiger partial charge in [0.2, 0.25) is 0 Å². The summed E-state index contributed by atoms with van der Waals surface area (Å²) in [6, 6.07) is 16.9. The number of ether oxygens (including phenoxy) is 1. The first-order valence-electron chi connectivity index (χ1n) is 15.3. The molecule has 10 nitrogen and oxygen atoms in total. The number of anilines is 1. The highest BCUT2D eigenvalue weighted by atomic mass is 32.2. The number of fused-ring (bicyclic) bond motifs is 1. The Morgan fingerprint density at radius 1 is 1.00 bits per heavy atom. The van der Waals surface area contributed by atoms with Gasteiger partial charge in [-0.15, -0.1) is 11.3 Å². The number of aliphatic hydroxyl groups excluding tert-OH is 4. The van der Waals surface area contributed by atoms with E-state index >= 15 is 0 Å². The lowest BCUT2D eigenvalue weighted by atomic mass is 9.91. The minimum Gasteiger partial charge on any atom is -0.396 e. The molecule has 1 aromatic heterocycles. The molecule has 5 atom stereocenters. The maximum absolute atomic E-state index is 13.5. The van der Waals surface area contributed by atoms with Crippen LogP contribution in [0.4, 0.5) is 5.69 Å². The molecule has 1 fully saturated rings. The van der Waals surface area contributed by atoms with E-state index < -0.39 is 52.0 Å². The van der Waals surface area contributed by atoms with Crippen molar-refractivity contribution in [2.24, 2.45) is 0 Å². The molecule has 45 heavy (non-hydrogen) atoms. The molecule has 2 aromatic carbocycles. The van der Waals surface area contributed by atoms with Gasteiger partial charge in [-0.3, -0.25) is 0 Å². The number of thiophene rings is 1. The minimum atomic E-state index is -4.47. The summed E-state index contributed by atoms with van der Waals surface area (Å²) in [4.78, 5) is 3.39. The Labute approximate surface area is 269 Å².